The van der Waals surface area contributed by atoms with Gasteiger partial charge in [0.25, 0.3) is 5.91 Å². The number of nitrogens with one attached hydrogen (secondary N) is 1. The Hall–Kier alpha value is -2.16. The number of hydrogen-bond acceptors (Lipinski definition) is 5. The maximum atomic E-state index is 12.0. The predicted octanol–water partition coefficient (Wildman–Crippen LogP) is 1.18. The normalized spacial score (nSPS) is 13.6. The first-order valence-electron chi connectivity index (χ1n) is 7.17. The Kier molecular flexibility index (Phi) is 4.20. The van der Waals surface area contributed by atoms with E-state index in [0.29, 0.717) is 46.4 Å². The quantitative estimate of drug-likeness (QED) is 0.707. The number of primary amides is 1. The van der Waals surface area contributed by atoms with Gasteiger partial charge in [0, 0.05) is 24.8 Å². The molecular formula is C14H15Cl2N7O. The van der Waals surface area contributed by atoms with E-state index >= 15 is 0 Å². The Morgan fingerprint density at radius 1 is 1.42 bits per heavy atom. The van der Waals surface area contributed by atoms with Gasteiger partial charge in [-0.2, -0.15) is 5.10 Å². The molecule has 3 aromatic heterocycles. The van der Waals surface area contributed by atoms with Crippen LogP contribution in [0.2, 0.25) is 5.02 Å². The lowest BCUT2D eigenvalue weighted by Crippen LogP contribution is -2.30. The molecule has 126 valence electrons. The topological polar surface area (TPSA) is 103 Å². The van der Waals surface area contributed by atoms with Gasteiger partial charge in [0.15, 0.2) is 5.65 Å². The number of aryl methyl sites for hydroxylation is 1. The van der Waals surface area contributed by atoms with Crippen molar-refractivity contribution >= 4 is 35.6 Å². The van der Waals surface area contributed by atoms with Crippen LogP contribution in [0.25, 0.3) is 16.9 Å². The lowest BCUT2D eigenvalue weighted by Gasteiger charge is -2.15. The lowest BCUT2D eigenvalue weighted by molar-refractivity contribution is 0.0999. The Balaban J connectivity index is 0.00000169. The maximum absolute atomic E-state index is 12.0. The van der Waals surface area contributed by atoms with E-state index in [0.717, 1.165) is 12.2 Å². The third-order valence-electron chi connectivity index (χ3n) is 4.00. The van der Waals surface area contributed by atoms with Gasteiger partial charge in [-0.3, -0.25) is 13.9 Å². The second-order valence-electron chi connectivity index (χ2n) is 5.45. The first kappa shape index (κ1) is 16.7. The smallest absolute Gasteiger partial charge is 0.252 e. The molecular weight excluding hydrogens is 353 g/mol. The van der Waals surface area contributed by atoms with Gasteiger partial charge in [-0.25, -0.2) is 0 Å². The first-order valence-corrected chi connectivity index (χ1v) is 7.55. The van der Waals surface area contributed by atoms with Crippen molar-refractivity contribution in [3.8, 4) is 11.3 Å². The summed E-state index contributed by atoms with van der Waals surface area (Å²) in [7, 11) is 0. The molecule has 24 heavy (non-hydrogen) atoms. The Morgan fingerprint density at radius 3 is 2.96 bits per heavy atom. The third kappa shape index (κ3) is 2.43. The van der Waals surface area contributed by atoms with E-state index in [2.05, 4.69) is 20.6 Å². The summed E-state index contributed by atoms with van der Waals surface area (Å²) in [5.41, 5.74) is 8.64. The zero-order valence-electron chi connectivity index (χ0n) is 12.8. The second-order valence-corrected chi connectivity index (χ2v) is 5.86. The number of rotatable bonds is 2. The molecule has 0 unspecified atom stereocenters. The SMILES string of the molecule is Cc1nnc2c(Cl)cc(-c3nn4c(c3C(N)=O)CNCC4)cn12.Cl. The van der Waals surface area contributed by atoms with Gasteiger partial charge in [-0.1, -0.05) is 11.6 Å². The molecule has 0 aliphatic carbocycles. The van der Waals surface area contributed by atoms with Crippen LogP contribution in [0.5, 0.6) is 0 Å². The Bertz CT molecular complexity index is 946. The standard InChI is InChI=1S/C14H14ClN7O.ClH/c1-7-18-19-14-9(15)4-8(6-21(7)14)12-11(13(16)23)10-5-17-2-3-22(10)20-12;/h4,6,17H,2-3,5H2,1H3,(H2,16,23);1H. The minimum atomic E-state index is -0.498. The van der Waals surface area contributed by atoms with E-state index in [1.165, 1.54) is 0 Å². The minimum Gasteiger partial charge on any atom is -0.365 e. The third-order valence-corrected chi connectivity index (χ3v) is 4.28. The van der Waals surface area contributed by atoms with Crippen LogP contribution >= 0.6 is 24.0 Å². The zero-order valence-corrected chi connectivity index (χ0v) is 14.4. The number of aromatic nitrogens is 5. The monoisotopic (exact) mass is 367 g/mol. The van der Waals surface area contributed by atoms with Crippen LogP contribution in [-0.4, -0.2) is 36.8 Å². The lowest BCUT2D eigenvalue weighted by atomic mass is 10.1. The van der Waals surface area contributed by atoms with Gasteiger partial charge in [0.05, 0.1) is 22.8 Å². The molecule has 0 spiro atoms. The fourth-order valence-corrected chi connectivity index (χ4v) is 3.15. The fourth-order valence-electron chi connectivity index (χ4n) is 2.91. The molecule has 3 N–H and O–H groups in total. The molecule has 0 radical (unpaired) electrons. The highest BCUT2D eigenvalue weighted by atomic mass is 35.5. The number of hydrogen-bond donors (Lipinski definition) is 2. The van der Waals surface area contributed by atoms with E-state index in [4.69, 9.17) is 17.3 Å². The number of carbonyl (C=O) groups excluding carboxylic acids is 1. The average Bonchev–Trinajstić information content (AvgIpc) is 3.09. The van der Waals surface area contributed by atoms with Crippen molar-refractivity contribution in [1.29, 1.82) is 0 Å². The van der Waals surface area contributed by atoms with Crippen molar-refractivity contribution < 1.29 is 4.79 Å². The van der Waals surface area contributed by atoms with Crippen LogP contribution in [-0.2, 0) is 13.1 Å². The van der Waals surface area contributed by atoms with Gasteiger partial charge >= 0.3 is 0 Å². The average molecular weight is 368 g/mol. The summed E-state index contributed by atoms with van der Waals surface area (Å²) >= 11 is 6.30. The highest BCUT2D eigenvalue weighted by Gasteiger charge is 2.25. The van der Waals surface area contributed by atoms with Crippen LogP contribution < -0.4 is 11.1 Å². The fraction of sp³-hybridized carbons (Fsp3) is 0.286. The molecule has 0 atom stereocenters. The number of carbonyl (C=O) groups is 1. The summed E-state index contributed by atoms with van der Waals surface area (Å²) in [6.45, 7) is 3.89. The summed E-state index contributed by atoms with van der Waals surface area (Å²) in [5.74, 6) is 0.205. The molecule has 4 heterocycles. The molecule has 0 saturated heterocycles. The number of halogens is 2. The molecule has 1 amide bonds. The molecule has 4 rings (SSSR count). The Morgan fingerprint density at radius 2 is 2.21 bits per heavy atom. The van der Waals surface area contributed by atoms with Crippen molar-refractivity contribution in [1.82, 2.24) is 29.7 Å². The van der Waals surface area contributed by atoms with Gasteiger partial charge in [-0.15, -0.1) is 22.6 Å². The molecule has 8 nitrogen and oxygen atoms in total. The van der Waals surface area contributed by atoms with Gasteiger partial charge in [0.1, 0.15) is 11.5 Å². The molecule has 1 aliphatic rings. The minimum absolute atomic E-state index is 0. The van der Waals surface area contributed by atoms with Crippen molar-refractivity contribution in [2.24, 2.45) is 5.73 Å². The molecule has 0 fully saturated rings. The molecule has 1 aliphatic heterocycles. The summed E-state index contributed by atoms with van der Waals surface area (Å²) in [6.07, 6.45) is 1.82. The van der Waals surface area contributed by atoms with Crippen LogP contribution in [0, 0.1) is 6.92 Å². The number of nitrogens with zero attached hydrogens (tertiary/aromatic N) is 5. The zero-order chi connectivity index (χ0) is 16.1. The van der Waals surface area contributed by atoms with Crippen LogP contribution in [0.15, 0.2) is 12.3 Å². The van der Waals surface area contributed by atoms with E-state index in [9.17, 15) is 4.79 Å². The van der Waals surface area contributed by atoms with E-state index in [-0.39, 0.29) is 12.4 Å². The highest BCUT2D eigenvalue weighted by Crippen LogP contribution is 2.30. The highest BCUT2D eigenvalue weighted by molar-refractivity contribution is 6.33. The van der Waals surface area contributed by atoms with Crippen molar-refractivity contribution in [3.05, 3.63) is 34.4 Å². The predicted molar refractivity (Wildman–Crippen MR) is 91.4 cm³/mol. The van der Waals surface area contributed by atoms with Gasteiger partial charge < -0.3 is 11.1 Å². The molecule has 10 heteroatoms. The number of nitrogens with two attached hydrogens (primary N) is 1. The maximum Gasteiger partial charge on any atom is 0.252 e. The number of fused-ring (bicyclic) bond motifs is 2. The molecule has 0 saturated carbocycles. The van der Waals surface area contributed by atoms with E-state index in [1.807, 2.05) is 17.8 Å². The number of pyridine rings is 1. The summed E-state index contributed by atoms with van der Waals surface area (Å²) in [5, 5.41) is 16.3. The summed E-state index contributed by atoms with van der Waals surface area (Å²) in [4.78, 5) is 12.0. The summed E-state index contributed by atoms with van der Waals surface area (Å²) in [6, 6.07) is 1.74. The van der Waals surface area contributed by atoms with E-state index < -0.39 is 5.91 Å². The first-order chi connectivity index (χ1) is 11.1. The second kappa shape index (κ2) is 6.04. The van der Waals surface area contributed by atoms with Crippen LogP contribution in [0.3, 0.4) is 0 Å². The number of amides is 1. The molecule has 3 aromatic rings. The van der Waals surface area contributed by atoms with Gasteiger partial charge in [0.2, 0.25) is 0 Å². The van der Waals surface area contributed by atoms with E-state index in [1.54, 1.807) is 10.5 Å². The van der Waals surface area contributed by atoms with Gasteiger partial charge in [-0.05, 0) is 13.0 Å². The van der Waals surface area contributed by atoms with Crippen molar-refractivity contribution in [3.63, 3.8) is 0 Å². The molecule has 0 aromatic carbocycles. The Labute approximate surface area is 148 Å². The summed E-state index contributed by atoms with van der Waals surface area (Å²) < 4.78 is 3.60. The van der Waals surface area contributed by atoms with Crippen molar-refractivity contribution in [2.75, 3.05) is 6.54 Å². The van der Waals surface area contributed by atoms with Crippen LogP contribution in [0.4, 0.5) is 0 Å². The molecule has 0 bridgehead atoms. The largest absolute Gasteiger partial charge is 0.365 e. The van der Waals surface area contributed by atoms with Crippen LogP contribution in [0.1, 0.15) is 21.9 Å². The van der Waals surface area contributed by atoms with Crippen molar-refractivity contribution in [2.45, 2.75) is 20.0 Å².